The summed E-state index contributed by atoms with van der Waals surface area (Å²) >= 11 is 0. The van der Waals surface area contributed by atoms with Gasteiger partial charge >= 0.3 is 6.36 Å². The number of nitrogens with one attached hydrogen (secondary N) is 2. The number of carbonyl (C=O) groups excluding carboxylic acids is 2. The summed E-state index contributed by atoms with van der Waals surface area (Å²) in [4.78, 5) is 43.4. The molecule has 5 rings (SSSR count). The van der Waals surface area contributed by atoms with Crippen molar-refractivity contribution in [3.05, 3.63) is 42.2 Å². The van der Waals surface area contributed by atoms with Crippen LogP contribution in [0, 0.1) is 0 Å². The SMILES string of the molecule is CC=CN1CCC(N2c3nc(Nc4ccc(C(=O)NC5CCN(C)CC5)cc4OC(F)(F)F)ncc3N(C)C(=O)[C@H]2CC)CC1. The van der Waals surface area contributed by atoms with Gasteiger partial charge in [0, 0.05) is 37.8 Å². The molecule has 0 bridgehead atoms. The Morgan fingerprint density at radius 1 is 1.11 bits per heavy atom. The number of anilines is 4. The number of hydrogen-bond donors (Lipinski definition) is 2. The molecule has 1 aromatic heterocycles. The first-order valence-electron chi connectivity index (χ1n) is 15.4. The normalized spacial score (nSPS) is 20.5. The van der Waals surface area contributed by atoms with E-state index in [-0.39, 0.29) is 35.2 Å². The molecule has 4 heterocycles. The summed E-state index contributed by atoms with van der Waals surface area (Å²) < 4.78 is 44.8. The van der Waals surface area contributed by atoms with E-state index in [0.29, 0.717) is 17.9 Å². The van der Waals surface area contributed by atoms with Gasteiger partial charge in [0.15, 0.2) is 11.6 Å². The maximum absolute atomic E-state index is 13.5. The molecule has 3 aliphatic heterocycles. The number of hydrogen-bond acceptors (Lipinski definition) is 9. The van der Waals surface area contributed by atoms with Crippen LogP contribution in [0.4, 0.5) is 36.3 Å². The Hall–Kier alpha value is -4.07. The highest BCUT2D eigenvalue weighted by Crippen LogP contribution is 2.39. The highest BCUT2D eigenvalue weighted by molar-refractivity contribution is 6.04. The number of aromatic nitrogens is 2. The van der Waals surface area contributed by atoms with E-state index in [0.717, 1.165) is 57.9 Å². The van der Waals surface area contributed by atoms with Crippen LogP contribution < -0.4 is 25.2 Å². The minimum absolute atomic E-state index is 0.0401. The summed E-state index contributed by atoms with van der Waals surface area (Å²) in [5.74, 6) is -0.522. The molecule has 0 radical (unpaired) electrons. The van der Waals surface area contributed by atoms with Crippen LogP contribution in [0.15, 0.2) is 36.7 Å². The van der Waals surface area contributed by atoms with Gasteiger partial charge in [-0.3, -0.25) is 9.59 Å². The molecular formula is C31H41F3N8O3. The summed E-state index contributed by atoms with van der Waals surface area (Å²) in [5, 5.41) is 5.79. The summed E-state index contributed by atoms with van der Waals surface area (Å²) in [7, 11) is 3.68. The van der Waals surface area contributed by atoms with Crippen LogP contribution in [0.1, 0.15) is 56.3 Å². The molecule has 2 amide bonds. The number of amides is 2. The van der Waals surface area contributed by atoms with Crippen molar-refractivity contribution in [1.29, 1.82) is 0 Å². The van der Waals surface area contributed by atoms with Gasteiger partial charge in [-0.15, -0.1) is 13.2 Å². The van der Waals surface area contributed by atoms with Crippen molar-refractivity contribution >= 4 is 35.0 Å². The average molecular weight is 631 g/mol. The molecule has 45 heavy (non-hydrogen) atoms. The number of piperidine rings is 2. The molecule has 2 saturated heterocycles. The van der Waals surface area contributed by atoms with E-state index < -0.39 is 24.1 Å². The summed E-state index contributed by atoms with van der Waals surface area (Å²) in [6, 6.07) is 3.42. The number of benzene rings is 1. The predicted molar refractivity (Wildman–Crippen MR) is 166 cm³/mol. The van der Waals surface area contributed by atoms with Crippen LogP contribution in [0.5, 0.6) is 5.75 Å². The lowest BCUT2D eigenvalue weighted by molar-refractivity contribution is -0.274. The molecule has 11 nitrogen and oxygen atoms in total. The lowest BCUT2D eigenvalue weighted by Gasteiger charge is -2.46. The molecule has 1 atom stereocenters. The lowest BCUT2D eigenvalue weighted by Crippen LogP contribution is -2.58. The van der Waals surface area contributed by atoms with Crippen molar-refractivity contribution in [2.24, 2.45) is 0 Å². The van der Waals surface area contributed by atoms with Crippen molar-refractivity contribution in [2.45, 2.75) is 70.4 Å². The van der Waals surface area contributed by atoms with Crippen LogP contribution in [0.2, 0.25) is 0 Å². The summed E-state index contributed by atoms with van der Waals surface area (Å²) in [6.07, 6.45) is 4.28. The molecule has 0 unspecified atom stereocenters. The maximum atomic E-state index is 13.5. The second-order valence-electron chi connectivity index (χ2n) is 11.8. The molecule has 0 saturated carbocycles. The van der Waals surface area contributed by atoms with E-state index in [1.807, 2.05) is 27.0 Å². The van der Waals surface area contributed by atoms with Gasteiger partial charge in [0.05, 0.1) is 11.9 Å². The fraction of sp³-hybridized carbons (Fsp3) is 0.548. The minimum atomic E-state index is -4.99. The summed E-state index contributed by atoms with van der Waals surface area (Å²) in [5.41, 5.74) is 0.520. The highest BCUT2D eigenvalue weighted by Gasteiger charge is 2.41. The number of carbonyl (C=O) groups is 2. The van der Waals surface area contributed by atoms with Gasteiger partial charge in [0.25, 0.3) is 5.91 Å². The number of likely N-dealkylation sites (tertiary alicyclic amines) is 2. The number of likely N-dealkylation sites (N-methyl/N-ethyl adjacent to an activating group) is 1. The Balaban J connectivity index is 1.42. The maximum Gasteiger partial charge on any atom is 0.573 e. The fourth-order valence-corrected chi connectivity index (χ4v) is 6.30. The van der Waals surface area contributed by atoms with Gasteiger partial charge in [0.2, 0.25) is 11.9 Å². The molecular weight excluding hydrogens is 589 g/mol. The Morgan fingerprint density at radius 2 is 1.82 bits per heavy atom. The zero-order chi connectivity index (χ0) is 32.3. The average Bonchev–Trinajstić information content (AvgIpc) is 3.00. The summed E-state index contributed by atoms with van der Waals surface area (Å²) in [6.45, 7) is 7.24. The number of halogens is 3. The molecule has 2 aromatic rings. The topological polar surface area (TPSA) is 106 Å². The third-order valence-electron chi connectivity index (χ3n) is 8.72. The van der Waals surface area contributed by atoms with Gasteiger partial charge in [-0.05, 0) is 83.6 Å². The van der Waals surface area contributed by atoms with Crippen molar-refractivity contribution in [3.8, 4) is 5.75 Å². The fourth-order valence-electron chi connectivity index (χ4n) is 6.30. The highest BCUT2D eigenvalue weighted by atomic mass is 19.4. The number of ether oxygens (including phenoxy) is 1. The molecule has 3 aliphatic rings. The number of fused-ring (bicyclic) bond motifs is 1. The molecule has 2 N–H and O–H groups in total. The third kappa shape index (κ3) is 7.43. The van der Waals surface area contributed by atoms with Crippen molar-refractivity contribution < 1.29 is 27.5 Å². The smallest absolute Gasteiger partial charge is 0.404 e. The molecule has 244 valence electrons. The Bertz CT molecular complexity index is 1400. The lowest BCUT2D eigenvalue weighted by atomic mass is 9.97. The van der Waals surface area contributed by atoms with Crippen molar-refractivity contribution in [1.82, 2.24) is 25.1 Å². The second-order valence-corrected chi connectivity index (χ2v) is 11.8. The quantitative estimate of drug-likeness (QED) is 0.436. The Morgan fingerprint density at radius 3 is 2.47 bits per heavy atom. The second kappa shape index (κ2) is 13.5. The molecule has 1 aromatic carbocycles. The first kappa shape index (κ1) is 32.3. The molecule has 14 heteroatoms. The van der Waals surface area contributed by atoms with Gasteiger partial charge in [0.1, 0.15) is 11.7 Å². The van der Waals surface area contributed by atoms with Crippen LogP contribution >= 0.6 is 0 Å². The number of rotatable bonds is 8. The monoisotopic (exact) mass is 630 g/mol. The Kier molecular flexibility index (Phi) is 9.70. The van der Waals surface area contributed by atoms with Gasteiger partial charge < -0.3 is 35.0 Å². The van der Waals surface area contributed by atoms with E-state index >= 15 is 0 Å². The third-order valence-corrected chi connectivity index (χ3v) is 8.72. The van der Waals surface area contributed by atoms with Crippen LogP contribution in [-0.2, 0) is 4.79 Å². The van der Waals surface area contributed by atoms with Gasteiger partial charge in [-0.2, -0.15) is 4.98 Å². The van der Waals surface area contributed by atoms with Crippen molar-refractivity contribution in [2.75, 3.05) is 55.4 Å². The Labute approximate surface area is 261 Å². The molecule has 0 spiro atoms. The van der Waals surface area contributed by atoms with Gasteiger partial charge in [-0.25, -0.2) is 4.98 Å². The molecule has 2 fully saturated rings. The van der Waals surface area contributed by atoms with E-state index in [1.54, 1.807) is 7.05 Å². The standard InChI is InChI=1S/C31H41F3N8O3/c1-5-13-41-16-11-22(12-17-41)42-24(6-2)29(44)40(4)25-19-35-30(38-27(25)42)37-23-8-7-20(18-26(23)45-31(32,33)34)28(43)36-21-9-14-39(3)15-10-21/h5,7-8,13,18-19,21-22,24H,6,9-12,14-17H2,1-4H3,(H,36,43)(H,35,37,38)/t24-/m1/s1. The number of alkyl halides is 3. The van der Waals surface area contributed by atoms with E-state index in [4.69, 9.17) is 4.98 Å². The van der Waals surface area contributed by atoms with E-state index in [1.165, 1.54) is 23.2 Å². The van der Waals surface area contributed by atoms with Crippen LogP contribution in [0.3, 0.4) is 0 Å². The first-order chi connectivity index (χ1) is 21.5. The van der Waals surface area contributed by atoms with Crippen molar-refractivity contribution in [3.63, 3.8) is 0 Å². The zero-order valence-corrected chi connectivity index (χ0v) is 26.1. The van der Waals surface area contributed by atoms with E-state index in [9.17, 15) is 22.8 Å². The van der Waals surface area contributed by atoms with Gasteiger partial charge in [-0.1, -0.05) is 13.0 Å². The minimum Gasteiger partial charge on any atom is -0.404 e. The predicted octanol–water partition coefficient (Wildman–Crippen LogP) is 4.50. The number of allylic oxidation sites excluding steroid dienone is 1. The molecule has 0 aliphatic carbocycles. The van der Waals surface area contributed by atoms with Crippen LogP contribution in [0.25, 0.3) is 0 Å². The van der Waals surface area contributed by atoms with Crippen LogP contribution in [-0.4, -0.2) is 96.3 Å². The first-order valence-corrected chi connectivity index (χ1v) is 15.4. The van der Waals surface area contributed by atoms with E-state index in [2.05, 4.69) is 41.3 Å². The zero-order valence-electron chi connectivity index (χ0n) is 26.1. The number of nitrogens with zero attached hydrogens (tertiary/aromatic N) is 6. The largest absolute Gasteiger partial charge is 0.573 e.